The molecular formula is C23H18N8O4. The Morgan fingerprint density at radius 2 is 2.00 bits per heavy atom. The van der Waals surface area contributed by atoms with Crippen molar-refractivity contribution in [1.29, 1.82) is 5.26 Å². The first kappa shape index (κ1) is 23.0. The van der Waals surface area contributed by atoms with Crippen LogP contribution in [0.4, 0.5) is 5.69 Å². The lowest BCUT2D eigenvalue weighted by atomic mass is 10.0. The maximum atomic E-state index is 12.2. The molecule has 2 aromatic heterocycles. The molecule has 0 fully saturated rings. The molecule has 0 atom stereocenters. The first-order valence-electron chi connectivity index (χ1n) is 10.3. The van der Waals surface area contributed by atoms with Crippen LogP contribution in [-0.4, -0.2) is 37.3 Å². The van der Waals surface area contributed by atoms with Crippen LogP contribution in [-0.2, 0) is 11.3 Å². The van der Waals surface area contributed by atoms with Gasteiger partial charge in [0.15, 0.2) is 0 Å². The molecule has 0 saturated heterocycles. The van der Waals surface area contributed by atoms with Gasteiger partial charge >= 0.3 is 0 Å². The summed E-state index contributed by atoms with van der Waals surface area (Å²) in [4.78, 5) is 24.2. The highest BCUT2D eigenvalue weighted by molar-refractivity contribution is 5.81. The molecule has 0 radical (unpaired) electrons. The summed E-state index contributed by atoms with van der Waals surface area (Å²) < 4.78 is 5.66. The summed E-state index contributed by atoms with van der Waals surface area (Å²) >= 11 is 0. The number of rotatable bonds is 7. The highest BCUT2D eigenvalue weighted by atomic mass is 16.6. The van der Waals surface area contributed by atoms with E-state index in [1.54, 1.807) is 49.4 Å². The van der Waals surface area contributed by atoms with Crippen LogP contribution in [0.25, 0.3) is 22.7 Å². The largest absolute Gasteiger partial charge is 0.455 e. The Hall–Kier alpha value is -5.18. The molecule has 0 saturated carbocycles. The fourth-order valence-electron chi connectivity index (χ4n) is 3.24. The summed E-state index contributed by atoms with van der Waals surface area (Å²) in [5.41, 5.74) is 5.23. The number of aromatic nitrogens is 4. The summed E-state index contributed by atoms with van der Waals surface area (Å²) in [5.74, 6) is 0.309. The quantitative estimate of drug-likeness (QED) is 0.244. The summed E-state index contributed by atoms with van der Waals surface area (Å²) in [6, 6.07) is 15.2. The summed E-state index contributed by atoms with van der Waals surface area (Å²) in [6.07, 6.45) is 1.28. The van der Waals surface area contributed by atoms with Gasteiger partial charge in [-0.2, -0.15) is 15.2 Å². The number of aryl methyl sites for hydroxylation is 2. The maximum Gasteiger partial charge on any atom is 0.280 e. The monoisotopic (exact) mass is 470 g/mol. The lowest BCUT2D eigenvalue weighted by Gasteiger charge is -2.04. The van der Waals surface area contributed by atoms with Crippen LogP contribution in [0.5, 0.6) is 0 Å². The van der Waals surface area contributed by atoms with Gasteiger partial charge in [0.1, 0.15) is 18.1 Å². The molecule has 0 bridgehead atoms. The highest BCUT2D eigenvalue weighted by Gasteiger charge is 2.19. The number of nitriles is 1. The van der Waals surface area contributed by atoms with Crippen molar-refractivity contribution in [3.63, 3.8) is 0 Å². The molecule has 1 N–H and O–H groups in total. The molecule has 2 aromatic carbocycles. The Kier molecular flexibility index (Phi) is 6.41. The Balaban J connectivity index is 1.41. The van der Waals surface area contributed by atoms with Gasteiger partial charge in [-0.3, -0.25) is 14.9 Å². The van der Waals surface area contributed by atoms with Crippen LogP contribution < -0.4 is 5.43 Å². The van der Waals surface area contributed by atoms with Crippen molar-refractivity contribution in [2.45, 2.75) is 20.4 Å². The van der Waals surface area contributed by atoms with Gasteiger partial charge < -0.3 is 4.42 Å². The maximum absolute atomic E-state index is 12.2. The minimum absolute atomic E-state index is 0.0589. The van der Waals surface area contributed by atoms with Gasteiger partial charge in [0.05, 0.1) is 28.3 Å². The number of tetrazole rings is 1. The van der Waals surface area contributed by atoms with Crippen molar-refractivity contribution in [1.82, 2.24) is 25.6 Å². The van der Waals surface area contributed by atoms with E-state index < -0.39 is 10.8 Å². The van der Waals surface area contributed by atoms with E-state index in [0.29, 0.717) is 28.2 Å². The predicted molar refractivity (Wildman–Crippen MR) is 124 cm³/mol. The molecule has 0 aliphatic heterocycles. The lowest BCUT2D eigenvalue weighted by Crippen LogP contribution is -2.24. The van der Waals surface area contributed by atoms with E-state index in [0.717, 1.165) is 15.9 Å². The summed E-state index contributed by atoms with van der Waals surface area (Å²) in [6.45, 7) is 3.41. The van der Waals surface area contributed by atoms with Crippen LogP contribution >= 0.6 is 0 Å². The van der Waals surface area contributed by atoms with Crippen LogP contribution in [0.2, 0.25) is 0 Å². The number of hydrogen-bond acceptors (Lipinski definition) is 9. The summed E-state index contributed by atoms with van der Waals surface area (Å²) in [5, 5.41) is 36.3. The number of furan rings is 1. The van der Waals surface area contributed by atoms with Crippen molar-refractivity contribution in [2.75, 3.05) is 0 Å². The van der Waals surface area contributed by atoms with Gasteiger partial charge in [0.2, 0.25) is 5.82 Å². The first-order valence-corrected chi connectivity index (χ1v) is 10.3. The van der Waals surface area contributed by atoms with E-state index in [4.69, 9.17) is 4.42 Å². The number of nitro benzene ring substituents is 1. The standard InChI is InChI=1S/C23H18N8O4/c1-14-9-19(20(31(33)34)10-15(14)2)21-8-7-17(35-21)12-25-26-22(32)13-30-28-23(27-29-30)18-6-4-3-5-16(18)11-24/h3-10,12H,13H2,1-2H3,(H,26,32)/b25-12-. The minimum Gasteiger partial charge on any atom is -0.455 e. The van der Waals surface area contributed by atoms with Crippen molar-refractivity contribution < 1.29 is 14.1 Å². The van der Waals surface area contributed by atoms with E-state index in [-0.39, 0.29) is 18.1 Å². The topological polar surface area (TPSA) is 165 Å². The van der Waals surface area contributed by atoms with E-state index in [1.807, 2.05) is 6.92 Å². The fraction of sp³-hybridized carbons (Fsp3) is 0.130. The molecular weight excluding hydrogens is 452 g/mol. The zero-order valence-corrected chi connectivity index (χ0v) is 18.7. The average Bonchev–Trinajstić information content (AvgIpc) is 3.50. The third-order valence-electron chi connectivity index (χ3n) is 5.11. The van der Waals surface area contributed by atoms with Gasteiger partial charge in [0, 0.05) is 11.6 Å². The minimum atomic E-state index is -0.518. The number of carbonyl (C=O) groups excluding carboxylic acids is 1. The van der Waals surface area contributed by atoms with Crippen LogP contribution in [0, 0.1) is 35.3 Å². The lowest BCUT2D eigenvalue weighted by molar-refractivity contribution is -0.384. The molecule has 1 amide bonds. The van der Waals surface area contributed by atoms with Gasteiger partial charge in [-0.05, 0) is 60.5 Å². The Labute approximate surface area is 198 Å². The van der Waals surface area contributed by atoms with E-state index in [9.17, 15) is 20.2 Å². The van der Waals surface area contributed by atoms with Crippen LogP contribution in [0.15, 0.2) is 58.0 Å². The number of hydrogen-bond donors (Lipinski definition) is 1. The van der Waals surface area contributed by atoms with Crippen molar-refractivity contribution >= 4 is 17.8 Å². The third-order valence-corrected chi connectivity index (χ3v) is 5.11. The molecule has 2 heterocycles. The number of carbonyl (C=O) groups is 1. The van der Waals surface area contributed by atoms with Crippen molar-refractivity contribution in [3.05, 3.63) is 81.1 Å². The van der Waals surface area contributed by atoms with Crippen LogP contribution in [0.3, 0.4) is 0 Å². The Morgan fingerprint density at radius 1 is 1.23 bits per heavy atom. The molecule has 0 unspecified atom stereocenters. The van der Waals surface area contributed by atoms with E-state index in [1.165, 1.54) is 12.3 Å². The second-order valence-electron chi connectivity index (χ2n) is 7.51. The molecule has 12 nitrogen and oxygen atoms in total. The molecule has 12 heteroatoms. The molecule has 35 heavy (non-hydrogen) atoms. The normalized spacial score (nSPS) is 10.9. The van der Waals surface area contributed by atoms with Crippen molar-refractivity contribution in [3.8, 4) is 28.8 Å². The number of amides is 1. The number of nitrogens with one attached hydrogen (secondary N) is 1. The third kappa shape index (κ3) is 5.09. The smallest absolute Gasteiger partial charge is 0.280 e. The van der Waals surface area contributed by atoms with Gasteiger partial charge in [-0.1, -0.05) is 12.1 Å². The fourth-order valence-corrected chi connectivity index (χ4v) is 3.24. The van der Waals surface area contributed by atoms with Crippen molar-refractivity contribution in [2.24, 2.45) is 5.10 Å². The Bertz CT molecular complexity index is 1500. The van der Waals surface area contributed by atoms with Gasteiger partial charge in [-0.25, -0.2) is 5.43 Å². The SMILES string of the molecule is Cc1cc(-c2ccc(/C=N\NC(=O)Cn3nnc(-c4ccccc4C#N)n3)o2)c([N+](=O)[O-])cc1C. The average molecular weight is 470 g/mol. The van der Waals surface area contributed by atoms with Gasteiger partial charge in [-0.15, -0.1) is 10.2 Å². The summed E-state index contributed by atoms with van der Waals surface area (Å²) in [7, 11) is 0. The molecule has 174 valence electrons. The number of nitrogens with zero attached hydrogens (tertiary/aromatic N) is 7. The molecule has 0 aliphatic rings. The molecule has 4 aromatic rings. The molecule has 0 spiro atoms. The van der Waals surface area contributed by atoms with Crippen LogP contribution in [0.1, 0.15) is 22.5 Å². The van der Waals surface area contributed by atoms with E-state index >= 15 is 0 Å². The Morgan fingerprint density at radius 3 is 2.77 bits per heavy atom. The predicted octanol–water partition coefficient (Wildman–Crippen LogP) is 3.15. The first-order chi connectivity index (χ1) is 16.9. The zero-order valence-electron chi connectivity index (χ0n) is 18.7. The van der Waals surface area contributed by atoms with E-state index in [2.05, 4.69) is 32.0 Å². The number of benzene rings is 2. The highest BCUT2D eigenvalue weighted by Crippen LogP contribution is 2.33. The molecule has 4 rings (SSSR count). The van der Waals surface area contributed by atoms with Gasteiger partial charge in [0.25, 0.3) is 11.6 Å². The zero-order chi connectivity index (χ0) is 24.9. The second kappa shape index (κ2) is 9.75. The number of nitro groups is 1. The molecule has 0 aliphatic carbocycles. The second-order valence-corrected chi connectivity index (χ2v) is 7.51. The number of hydrazone groups is 1.